The summed E-state index contributed by atoms with van der Waals surface area (Å²) in [6.45, 7) is -1.81. The van der Waals surface area contributed by atoms with Gasteiger partial charge in [0.25, 0.3) is 0 Å². The topological polar surface area (TPSA) is 95.7 Å². The fourth-order valence-electron chi connectivity index (χ4n) is 4.14. The Morgan fingerprint density at radius 2 is 1.59 bits per heavy atom. The van der Waals surface area contributed by atoms with Crippen LogP contribution in [0.15, 0.2) is 95.9 Å². The van der Waals surface area contributed by atoms with Crippen molar-refractivity contribution in [3.63, 3.8) is 0 Å². The van der Waals surface area contributed by atoms with Crippen molar-refractivity contribution in [3.05, 3.63) is 108 Å². The molecule has 4 aromatic carbocycles. The lowest BCUT2D eigenvalue weighted by Crippen LogP contribution is -2.24. The van der Waals surface area contributed by atoms with Gasteiger partial charge >= 0.3 is 6.61 Å². The summed E-state index contributed by atoms with van der Waals surface area (Å²) in [6.07, 6.45) is 0. The highest BCUT2D eigenvalue weighted by Gasteiger charge is 2.30. The van der Waals surface area contributed by atoms with Gasteiger partial charge in [-0.3, -0.25) is 4.79 Å². The van der Waals surface area contributed by atoms with Gasteiger partial charge in [0.2, 0.25) is 5.91 Å². The van der Waals surface area contributed by atoms with Gasteiger partial charge in [-0.15, -0.1) is 0 Å². The first-order chi connectivity index (χ1) is 18.6. The molecule has 39 heavy (non-hydrogen) atoms. The van der Waals surface area contributed by atoms with Crippen molar-refractivity contribution in [2.75, 3.05) is 5.75 Å². The molecule has 4 aromatic rings. The molecule has 0 aliphatic heterocycles. The number of amides is 1. The lowest BCUT2D eigenvalue weighted by atomic mass is 9.88. The molecule has 0 aliphatic rings. The Morgan fingerprint density at radius 3 is 2.18 bits per heavy atom. The van der Waals surface area contributed by atoms with E-state index in [1.54, 1.807) is 36.4 Å². The Labute approximate surface area is 223 Å². The van der Waals surface area contributed by atoms with Crippen molar-refractivity contribution in [1.82, 2.24) is 0 Å². The summed E-state index contributed by atoms with van der Waals surface area (Å²) in [5.41, 5.74) is 6.86. The minimum absolute atomic E-state index is 0.00759. The Kier molecular flexibility index (Phi) is 8.25. The first-order valence-corrected chi connectivity index (χ1v) is 13.5. The molecule has 0 bridgehead atoms. The summed E-state index contributed by atoms with van der Waals surface area (Å²) in [7, 11) is -3.52. The summed E-state index contributed by atoms with van der Waals surface area (Å²) in [5, 5.41) is 0. The quantitative estimate of drug-likeness (QED) is 0.248. The van der Waals surface area contributed by atoms with Crippen LogP contribution in [0.4, 0.5) is 13.2 Å². The second kappa shape index (κ2) is 11.6. The Bertz CT molecular complexity index is 1580. The third kappa shape index (κ3) is 6.23. The van der Waals surface area contributed by atoms with Crippen LogP contribution in [0.1, 0.15) is 24.0 Å². The number of carbonyl (C=O) groups excluding carboxylic acids is 1. The molecular formula is C29H24F3NO5S. The molecule has 4 rings (SSSR count). The van der Waals surface area contributed by atoms with Crippen LogP contribution in [-0.4, -0.2) is 26.7 Å². The number of halogens is 3. The molecule has 1 atom stereocenters. The molecule has 0 aliphatic carbocycles. The number of rotatable bonds is 10. The molecule has 0 saturated heterocycles. The predicted molar refractivity (Wildman–Crippen MR) is 140 cm³/mol. The van der Waals surface area contributed by atoms with Gasteiger partial charge in [0, 0.05) is 17.2 Å². The Balaban J connectivity index is 1.95. The van der Waals surface area contributed by atoms with E-state index < -0.39 is 39.8 Å². The third-order valence-corrected chi connectivity index (χ3v) is 7.75. The molecule has 10 heteroatoms. The molecule has 202 valence electrons. The van der Waals surface area contributed by atoms with Gasteiger partial charge in [-0.1, -0.05) is 67.6 Å². The minimum atomic E-state index is -3.52. The highest BCUT2D eigenvalue weighted by molar-refractivity contribution is 7.91. The summed E-state index contributed by atoms with van der Waals surface area (Å²) >= 11 is 0. The maximum absolute atomic E-state index is 13.9. The van der Waals surface area contributed by atoms with Gasteiger partial charge in [-0.2, -0.15) is 8.78 Å². The number of sulfone groups is 1. The number of hydrogen-bond donors (Lipinski definition) is 1. The Morgan fingerprint density at radius 1 is 0.897 bits per heavy atom. The van der Waals surface area contributed by atoms with Crippen molar-refractivity contribution < 1.29 is 35.9 Å². The van der Waals surface area contributed by atoms with E-state index in [1.165, 1.54) is 55.5 Å². The van der Waals surface area contributed by atoms with E-state index in [0.717, 1.165) is 6.07 Å². The maximum Gasteiger partial charge on any atom is 0.387 e. The summed E-state index contributed by atoms with van der Waals surface area (Å²) in [5.74, 6) is -3.59. The summed E-state index contributed by atoms with van der Waals surface area (Å²) in [4.78, 5) is 12.8. The van der Waals surface area contributed by atoms with Crippen LogP contribution in [0.2, 0.25) is 0 Å². The van der Waals surface area contributed by atoms with Crippen LogP contribution in [0, 0.1) is 5.82 Å². The number of nitrogens with two attached hydrogens (primary N) is 1. The molecule has 1 amide bonds. The van der Waals surface area contributed by atoms with E-state index >= 15 is 0 Å². The molecule has 1 unspecified atom stereocenters. The van der Waals surface area contributed by atoms with Gasteiger partial charge in [0.05, 0.1) is 16.6 Å². The lowest BCUT2D eigenvalue weighted by Gasteiger charge is -2.23. The van der Waals surface area contributed by atoms with Crippen molar-refractivity contribution in [2.45, 2.75) is 24.3 Å². The fourth-order valence-corrected chi connectivity index (χ4v) is 5.03. The second-order valence-corrected chi connectivity index (χ2v) is 10.8. The van der Waals surface area contributed by atoms with Gasteiger partial charge in [0.15, 0.2) is 21.3 Å². The number of carbonyl (C=O) groups is 1. The molecule has 0 spiro atoms. The fraction of sp³-hybridized carbons (Fsp3) is 0.138. The largest absolute Gasteiger partial charge is 0.453 e. The van der Waals surface area contributed by atoms with E-state index in [0.29, 0.717) is 11.1 Å². The molecule has 0 radical (unpaired) electrons. The van der Waals surface area contributed by atoms with E-state index in [9.17, 15) is 26.4 Å². The van der Waals surface area contributed by atoms with Gasteiger partial charge in [-0.05, 0) is 35.4 Å². The van der Waals surface area contributed by atoms with Crippen LogP contribution < -0.4 is 15.2 Å². The molecule has 0 fully saturated rings. The Hall–Kier alpha value is -4.31. The summed E-state index contributed by atoms with van der Waals surface area (Å²) in [6, 6.07) is 22.2. The van der Waals surface area contributed by atoms with Crippen LogP contribution >= 0.6 is 0 Å². The first kappa shape index (κ1) is 27.7. The molecule has 0 heterocycles. The van der Waals surface area contributed by atoms with E-state index in [1.807, 2.05) is 0 Å². The normalized spacial score (nSPS) is 12.2. The maximum atomic E-state index is 13.9. The number of primary amides is 1. The van der Waals surface area contributed by atoms with Gasteiger partial charge < -0.3 is 15.2 Å². The van der Waals surface area contributed by atoms with Crippen molar-refractivity contribution in [2.24, 2.45) is 5.73 Å². The number of ether oxygens (including phenoxy) is 2. The SMILES string of the molecule is CCS(=O)(=O)c1ccc(C(C(N)=O)c2ccc(-c3ccccc3)c(Oc3cccc(F)c3)c2OC(F)F)cc1. The molecule has 2 N–H and O–H groups in total. The zero-order valence-corrected chi connectivity index (χ0v) is 21.5. The zero-order valence-electron chi connectivity index (χ0n) is 20.7. The molecule has 6 nitrogen and oxygen atoms in total. The zero-order chi connectivity index (χ0) is 28.2. The van der Waals surface area contributed by atoms with E-state index in [2.05, 4.69) is 0 Å². The van der Waals surface area contributed by atoms with Crippen LogP contribution in [0.5, 0.6) is 17.2 Å². The molecule has 0 saturated carbocycles. The number of alkyl halides is 2. The number of hydrogen-bond acceptors (Lipinski definition) is 5. The first-order valence-electron chi connectivity index (χ1n) is 11.8. The van der Waals surface area contributed by atoms with Gasteiger partial charge in [0.1, 0.15) is 11.6 Å². The predicted octanol–water partition coefficient (Wildman–Crippen LogP) is 6.30. The monoisotopic (exact) mass is 555 g/mol. The van der Waals surface area contributed by atoms with Crippen LogP contribution in [-0.2, 0) is 14.6 Å². The second-order valence-electron chi connectivity index (χ2n) is 8.47. The van der Waals surface area contributed by atoms with E-state index in [-0.39, 0.29) is 33.3 Å². The third-order valence-electron chi connectivity index (χ3n) is 6.00. The number of benzene rings is 4. The van der Waals surface area contributed by atoms with Crippen molar-refractivity contribution in [1.29, 1.82) is 0 Å². The highest BCUT2D eigenvalue weighted by Crippen LogP contribution is 2.47. The van der Waals surface area contributed by atoms with Crippen molar-refractivity contribution >= 4 is 15.7 Å². The standard InChI is InChI=1S/C29H24F3NO5S/c1-2-39(35,36)22-13-11-19(12-14-22)25(28(33)34)24-16-15-23(18-7-4-3-5-8-18)26(27(24)38-29(31)32)37-21-10-6-9-20(30)17-21/h3-17,25,29H,2H2,1H3,(H2,33,34). The summed E-state index contributed by atoms with van der Waals surface area (Å²) < 4.78 is 76.9. The van der Waals surface area contributed by atoms with Crippen LogP contribution in [0.25, 0.3) is 11.1 Å². The van der Waals surface area contributed by atoms with Gasteiger partial charge in [-0.25, -0.2) is 12.8 Å². The smallest absolute Gasteiger partial charge is 0.387 e. The lowest BCUT2D eigenvalue weighted by molar-refractivity contribution is -0.118. The van der Waals surface area contributed by atoms with Crippen LogP contribution in [0.3, 0.4) is 0 Å². The van der Waals surface area contributed by atoms with E-state index in [4.69, 9.17) is 15.2 Å². The molecule has 0 aromatic heterocycles. The van der Waals surface area contributed by atoms with Crippen molar-refractivity contribution in [3.8, 4) is 28.4 Å². The molecular weight excluding hydrogens is 531 g/mol. The average Bonchev–Trinajstić information content (AvgIpc) is 2.91. The highest BCUT2D eigenvalue weighted by atomic mass is 32.2. The average molecular weight is 556 g/mol. The minimum Gasteiger partial charge on any atom is -0.453 e.